The second kappa shape index (κ2) is 6.72. The fraction of sp³-hybridized carbons (Fsp3) is 0.600. The summed E-state index contributed by atoms with van der Waals surface area (Å²) in [6.07, 6.45) is 3.57. The van der Waals surface area contributed by atoms with Gasteiger partial charge in [0.05, 0.1) is 17.5 Å². The van der Waals surface area contributed by atoms with Gasteiger partial charge in [0.25, 0.3) is 0 Å². The van der Waals surface area contributed by atoms with Gasteiger partial charge in [0.2, 0.25) is 5.91 Å². The van der Waals surface area contributed by atoms with E-state index in [1.54, 1.807) is 10.9 Å². The van der Waals surface area contributed by atoms with Crippen molar-refractivity contribution < 1.29 is 4.79 Å². The minimum absolute atomic E-state index is 0.106. The Bertz CT molecular complexity index is 665. The van der Waals surface area contributed by atoms with E-state index >= 15 is 0 Å². The summed E-state index contributed by atoms with van der Waals surface area (Å²) in [6.45, 7) is 7.37. The molecule has 1 atom stereocenters. The Labute approximate surface area is 130 Å². The molecule has 1 fully saturated rings. The highest BCUT2D eigenvalue weighted by Gasteiger charge is 2.26. The molecule has 7 nitrogen and oxygen atoms in total. The van der Waals surface area contributed by atoms with Crippen molar-refractivity contribution in [1.82, 2.24) is 19.7 Å². The van der Waals surface area contributed by atoms with Gasteiger partial charge in [-0.25, -0.2) is 9.97 Å². The zero-order chi connectivity index (χ0) is 16.3. The first-order chi connectivity index (χ1) is 10.6. The average Bonchev–Trinajstić information content (AvgIpc) is 2.90. The molecule has 0 aliphatic carbocycles. The summed E-state index contributed by atoms with van der Waals surface area (Å²) < 4.78 is 1.74. The average molecular weight is 304 g/mol. The number of nitrogens with two attached hydrogens (primary N) is 1. The Morgan fingerprint density at radius 3 is 2.77 bits per heavy atom. The van der Waals surface area contributed by atoms with Crippen LogP contribution in [0.5, 0.6) is 0 Å². The molecule has 120 valence electrons. The Morgan fingerprint density at radius 1 is 1.36 bits per heavy atom. The molecule has 1 unspecified atom stereocenters. The maximum absolute atomic E-state index is 11.4. The van der Waals surface area contributed by atoms with Crippen LogP contribution >= 0.6 is 0 Å². The first-order valence-corrected chi connectivity index (χ1v) is 7.77. The Morgan fingerprint density at radius 2 is 2.09 bits per heavy atom. The lowest BCUT2D eigenvalue weighted by Crippen LogP contribution is -2.41. The number of hydrogen-bond acceptors (Lipinski definition) is 5. The van der Waals surface area contributed by atoms with Crippen molar-refractivity contribution in [2.24, 2.45) is 18.7 Å². The van der Waals surface area contributed by atoms with E-state index in [2.05, 4.69) is 20.0 Å². The van der Waals surface area contributed by atoms with Gasteiger partial charge in [0.15, 0.2) is 5.65 Å². The second-order valence-electron chi connectivity index (χ2n) is 5.29. The van der Waals surface area contributed by atoms with Crippen molar-refractivity contribution in [3.05, 3.63) is 12.0 Å². The molecule has 1 saturated heterocycles. The van der Waals surface area contributed by atoms with E-state index < -0.39 is 0 Å². The lowest BCUT2D eigenvalue weighted by molar-refractivity contribution is -0.122. The van der Waals surface area contributed by atoms with E-state index in [0.29, 0.717) is 12.4 Å². The van der Waals surface area contributed by atoms with Crippen LogP contribution in [-0.4, -0.2) is 38.7 Å². The van der Waals surface area contributed by atoms with Crippen LogP contribution in [0.4, 0.5) is 5.82 Å². The van der Waals surface area contributed by atoms with Crippen LogP contribution < -0.4 is 10.6 Å². The molecule has 0 spiro atoms. The smallest absolute Gasteiger partial charge is 0.222 e. The SMILES string of the molecule is CC.Cc1nc(N2CCCC(C(N)=O)C2)c2cnn(C)c2n1. The number of amides is 1. The van der Waals surface area contributed by atoms with Crippen molar-refractivity contribution in [3.8, 4) is 0 Å². The summed E-state index contributed by atoms with van der Waals surface area (Å²) in [7, 11) is 1.86. The second-order valence-corrected chi connectivity index (χ2v) is 5.29. The van der Waals surface area contributed by atoms with Crippen LogP contribution in [-0.2, 0) is 11.8 Å². The van der Waals surface area contributed by atoms with E-state index in [-0.39, 0.29) is 11.8 Å². The maximum atomic E-state index is 11.4. The minimum Gasteiger partial charge on any atom is -0.369 e. The fourth-order valence-corrected chi connectivity index (χ4v) is 2.76. The van der Waals surface area contributed by atoms with Gasteiger partial charge in [-0.1, -0.05) is 13.8 Å². The van der Waals surface area contributed by atoms with Crippen LogP contribution in [0.1, 0.15) is 32.5 Å². The molecule has 0 radical (unpaired) electrons. The summed E-state index contributed by atoms with van der Waals surface area (Å²) >= 11 is 0. The summed E-state index contributed by atoms with van der Waals surface area (Å²) in [4.78, 5) is 22.5. The predicted octanol–water partition coefficient (Wildman–Crippen LogP) is 1.40. The number of carbonyl (C=O) groups excluding carboxylic acids is 1. The third-order valence-corrected chi connectivity index (χ3v) is 3.81. The molecule has 2 aromatic rings. The molecular weight excluding hydrogens is 280 g/mol. The molecule has 3 heterocycles. The van der Waals surface area contributed by atoms with E-state index in [1.165, 1.54) is 0 Å². The number of aromatic nitrogens is 4. The van der Waals surface area contributed by atoms with E-state index in [0.717, 1.165) is 36.2 Å². The quantitative estimate of drug-likeness (QED) is 0.905. The lowest BCUT2D eigenvalue weighted by Gasteiger charge is -2.32. The fourth-order valence-electron chi connectivity index (χ4n) is 2.76. The number of anilines is 1. The van der Waals surface area contributed by atoms with Gasteiger partial charge in [-0.05, 0) is 19.8 Å². The summed E-state index contributed by atoms with van der Waals surface area (Å²) in [5.41, 5.74) is 6.25. The largest absolute Gasteiger partial charge is 0.369 e. The van der Waals surface area contributed by atoms with Crippen molar-refractivity contribution >= 4 is 22.8 Å². The van der Waals surface area contributed by atoms with Gasteiger partial charge in [-0.2, -0.15) is 5.10 Å². The molecule has 7 heteroatoms. The minimum atomic E-state index is -0.233. The van der Waals surface area contributed by atoms with Crippen LogP contribution in [0.15, 0.2) is 6.20 Å². The Balaban J connectivity index is 0.000000847. The van der Waals surface area contributed by atoms with Crippen LogP contribution in [0.25, 0.3) is 11.0 Å². The molecule has 0 bridgehead atoms. The highest BCUT2D eigenvalue weighted by atomic mass is 16.1. The molecule has 2 aromatic heterocycles. The van der Waals surface area contributed by atoms with Gasteiger partial charge >= 0.3 is 0 Å². The van der Waals surface area contributed by atoms with Crippen molar-refractivity contribution in [2.45, 2.75) is 33.6 Å². The number of hydrogen-bond donors (Lipinski definition) is 1. The molecule has 0 aromatic carbocycles. The van der Waals surface area contributed by atoms with Crippen molar-refractivity contribution in [3.63, 3.8) is 0 Å². The molecule has 1 aliphatic rings. The summed E-state index contributed by atoms with van der Waals surface area (Å²) in [5, 5.41) is 5.16. The van der Waals surface area contributed by atoms with Gasteiger partial charge < -0.3 is 10.6 Å². The van der Waals surface area contributed by atoms with Crippen LogP contribution in [0, 0.1) is 12.8 Å². The van der Waals surface area contributed by atoms with E-state index in [4.69, 9.17) is 5.73 Å². The third-order valence-electron chi connectivity index (χ3n) is 3.81. The normalized spacial score (nSPS) is 18.0. The number of carbonyl (C=O) groups is 1. The van der Waals surface area contributed by atoms with Gasteiger partial charge in [-0.3, -0.25) is 9.48 Å². The molecule has 2 N–H and O–H groups in total. The monoisotopic (exact) mass is 304 g/mol. The highest BCUT2D eigenvalue weighted by Crippen LogP contribution is 2.27. The van der Waals surface area contributed by atoms with E-state index in [1.807, 2.05) is 27.8 Å². The maximum Gasteiger partial charge on any atom is 0.222 e. The Kier molecular flexibility index (Phi) is 4.95. The Hall–Kier alpha value is -2.18. The number of aryl methyl sites for hydroxylation is 2. The highest BCUT2D eigenvalue weighted by molar-refractivity contribution is 5.87. The van der Waals surface area contributed by atoms with E-state index in [9.17, 15) is 4.79 Å². The van der Waals surface area contributed by atoms with Gasteiger partial charge in [0, 0.05) is 20.1 Å². The number of rotatable bonds is 2. The van der Waals surface area contributed by atoms with Crippen molar-refractivity contribution in [2.75, 3.05) is 18.0 Å². The van der Waals surface area contributed by atoms with Gasteiger partial charge in [0.1, 0.15) is 11.6 Å². The van der Waals surface area contributed by atoms with Crippen LogP contribution in [0.3, 0.4) is 0 Å². The first kappa shape index (κ1) is 16.2. The van der Waals surface area contributed by atoms with Crippen LogP contribution in [0.2, 0.25) is 0 Å². The molecule has 1 aliphatic heterocycles. The molecular formula is C15H24N6O. The summed E-state index contributed by atoms with van der Waals surface area (Å²) in [6, 6.07) is 0. The molecule has 22 heavy (non-hydrogen) atoms. The zero-order valence-electron chi connectivity index (χ0n) is 13.7. The molecule has 3 rings (SSSR count). The predicted molar refractivity (Wildman–Crippen MR) is 86.5 cm³/mol. The molecule has 1 amide bonds. The van der Waals surface area contributed by atoms with Crippen molar-refractivity contribution in [1.29, 1.82) is 0 Å². The number of nitrogens with zero attached hydrogens (tertiary/aromatic N) is 5. The third kappa shape index (κ3) is 3.03. The molecule has 0 saturated carbocycles. The van der Waals surface area contributed by atoms with Gasteiger partial charge in [-0.15, -0.1) is 0 Å². The number of primary amides is 1. The zero-order valence-corrected chi connectivity index (χ0v) is 13.7. The number of fused-ring (bicyclic) bond motifs is 1. The first-order valence-electron chi connectivity index (χ1n) is 7.77. The lowest BCUT2D eigenvalue weighted by atomic mass is 9.97. The summed E-state index contributed by atoms with van der Waals surface area (Å²) in [5.74, 6) is 1.22. The standard InChI is InChI=1S/C13H18N6O.C2H6/c1-8-16-12-10(6-15-18(12)2)13(17-8)19-5-3-4-9(7-19)11(14)20;1-2/h6,9H,3-5,7H2,1-2H3,(H2,14,20);1-2H3. The number of piperidine rings is 1. The topological polar surface area (TPSA) is 89.9 Å².